The summed E-state index contributed by atoms with van der Waals surface area (Å²) in [5, 5.41) is 25.4. The maximum atomic E-state index is 10.7. The van der Waals surface area contributed by atoms with E-state index in [1.165, 1.54) is 11.8 Å². The second-order valence-electron chi connectivity index (χ2n) is 5.60. The number of hydrogen-bond donors (Lipinski definition) is 1. The van der Waals surface area contributed by atoms with Crippen LogP contribution in [0.15, 0.2) is 78.0 Å². The molecule has 5 nitrogen and oxygen atoms in total. The summed E-state index contributed by atoms with van der Waals surface area (Å²) >= 11 is 1.44. The molecule has 1 heterocycles. The summed E-state index contributed by atoms with van der Waals surface area (Å²) in [6.45, 7) is 0. The van der Waals surface area contributed by atoms with E-state index in [9.17, 15) is 5.11 Å². The molecule has 4 aromatic rings. The van der Waals surface area contributed by atoms with Gasteiger partial charge in [-0.15, -0.1) is 5.10 Å². The lowest BCUT2D eigenvalue weighted by atomic mass is 10.0. The van der Waals surface area contributed by atoms with Crippen LogP contribution < -0.4 is 0 Å². The van der Waals surface area contributed by atoms with E-state index in [0.717, 1.165) is 22.0 Å². The topological polar surface area (TPSA) is 63.8 Å². The first-order valence-electron chi connectivity index (χ1n) is 7.95. The standard InChI is InChI=1S/C19H16N4OS/c24-18(17-12-6-8-14-7-4-5-11-16(14)17)13-25-19-20-21-22-23(19)15-9-2-1-3-10-15/h1-12,18,24H,13H2. The summed E-state index contributed by atoms with van der Waals surface area (Å²) in [4.78, 5) is 0. The third-order valence-corrected chi connectivity index (χ3v) is 4.99. The van der Waals surface area contributed by atoms with Crippen LogP contribution in [0.3, 0.4) is 0 Å². The number of nitrogens with zero attached hydrogens (tertiary/aromatic N) is 4. The largest absolute Gasteiger partial charge is 0.388 e. The Hall–Kier alpha value is -2.70. The normalized spacial score (nSPS) is 12.4. The van der Waals surface area contributed by atoms with Crippen molar-refractivity contribution >= 4 is 22.5 Å². The molecular weight excluding hydrogens is 332 g/mol. The van der Waals surface area contributed by atoms with Gasteiger partial charge >= 0.3 is 0 Å². The van der Waals surface area contributed by atoms with Gasteiger partial charge in [-0.05, 0) is 38.9 Å². The highest BCUT2D eigenvalue weighted by atomic mass is 32.2. The van der Waals surface area contributed by atoms with Crippen molar-refractivity contribution in [2.24, 2.45) is 0 Å². The molecule has 0 amide bonds. The minimum atomic E-state index is -0.600. The molecule has 0 radical (unpaired) electrons. The van der Waals surface area contributed by atoms with E-state index in [4.69, 9.17) is 0 Å². The van der Waals surface area contributed by atoms with Gasteiger partial charge in [0.15, 0.2) is 0 Å². The number of aromatic nitrogens is 4. The molecule has 0 saturated carbocycles. The second kappa shape index (κ2) is 7.04. The number of fused-ring (bicyclic) bond motifs is 1. The number of para-hydroxylation sites is 1. The number of benzene rings is 3. The van der Waals surface area contributed by atoms with Gasteiger partial charge in [0, 0.05) is 5.75 Å². The molecule has 0 bridgehead atoms. The molecule has 1 aromatic heterocycles. The Balaban J connectivity index is 1.55. The lowest BCUT2D eigenvalue weighted by Gasteiger charge is -2.13. The second-order valence-corrected chi connectivity index (χ2v) is 6.59. The van der Waals surface area contributed by atoms with Gasteiger partial charge in [-0.2, -0.15) is 4.68 Å². The zero-order chi connectivity index (χ0) is 17.1. The van der Waals surface area contributed by atoms with Crippen molar-refractivity contribution in [3.05, 3.63) is 78.4 Å². The maximum Gasteiger partial charge on any atom is 0.214 e. The zero-order valence-electron chi connectivity index (χ0n) is 13.4. The fraction of sp³-hybridized carbons (Fsp3) is 0.105. The van der Waals surface area contributed by atoms with E-state index in [1.807, 2.05) is 60.7 Å². The van der Waals surface area contributed by atoms with Crippen molar-refractivity contribution in [1.29, 1.82) is 0 Å². The molecular formula is C19H16N4OS. The van der Waals surface area contributed by atoms with Crippen molar-refractivity contribution in [3.8, 4) is 5.69 Å². The first kappa shape index (κ1) is 15.8. The third kappa shape index (κ3) is 3.26. The Labute approximate surface area is 149 Å². The zero-order valence-corrected chi connectivity index (χ0v) is 14.2. The first-order valence-corrected chi connectivity index (χ1v) is 8.94. The molecule has 3 aromatic carbocycles. The number of tetrazole rings is 1. The van der Waals surface area contributed by atoms with Crippen LogP contribution in [0.5, 0.6) is 0 Å². The molecule has 0 aliphatic heterocycles. The number of hydrogen-bond acceptors (Lipinski definition) is 5. The van der Waals surface area contributed by atoms with Gasteiger partial charge in [0.1, 0.15) is 0 Å². The summed E-state index contributed by atoms with van der Waals surface area (Å²) in [5.74, 6) is 0.473. The number of aliphatic hydroxyl groups excluding tert-OH is 1. The molecule has 6 heteroatoms. The minimum absolute atomic E-state index is 0.473. The molecule has 1 N–H and O–H groups in total. The Morgan fingerprint density at radius 2 is 1.68 bits per heavy atom. The predicted octanol–water partition coefficient (Wildman–Crippen LogP) is 3.64. The van der Waals surface area contributed by atoms with Crippen LogP contribution in [0.2, 0.25) is 0 Å². The summed E-state index contributed by atoms with van der Waals surface area (Å²) < 4.78 is 1.68. The smallest absolute Gasteiger partial charge is 0.214 e. The average Bonchev–Trinajstić information content (AvgIpc) is 3.15. The van der Waals surface area contributed by atoms with Crippen molar-refractivity contribution in [1.82, 2.24) is 20.2 Å². The molecule has 0 spiro atoms. The van der Waals surface area contributed by atoms with Crippen LogP contribution in [-0.4, -0.2) is 31.1 Å². The quantitative estimate of drug-likeness (QED) is 0.558. The predicted molar refractivity (Wildman–Crippen MR) is 98.8 cm³/mol. The summed E-state index contributed by atoms with van der Waals surface area (Å²) in [6.07, 6.45) is -0.600. The molecule has 25 heavy (non-hydrogen) atoms. The third-order valence-electron chi connectivity index (χ3n) is 3.99. The van der Waals surface area contributed by atoms with Crippen molar-refractivity contribution < 1.29 is 5.11 Å². The minimum Gasteiger partial charge on any atom is -0.388 e. The maximum absolute atomic E-state index is 10.7. The van der Waals surface area contributed by atoms with Crippen LogP contribution in [-0.2, 0) is 0 Å². The van der Waals surface area contributed by atoms with Gasteiger partial charge in [0.05, 0.1) is 11.8 Å². The Morgan fingerprint density at radius 3 is 2.56 bits per heavy atom. The van der Waals surface area contributed by atoms with E-state index < -0.39 is 6.10 Å². The van der Waals surface area contributed by atoms with E-state index in [2.05, 4.69) is 27.7 Å². The monoisotopic (exact) mass is 348 g/mol. The van der Waals surface area contributed by atoms with Crippen molar-refractivity contribution in [2.45, 2.75) is 11.3 Å². The Kier molecular flexibility index (Phi) is 4.45. The van der Waals surface area contributed by atoms with E-state index in [0.29, 0.717) is 10.9 Å². The van der Waals surface area contributed by atoms with Gasteiger partial charge < -0.3 is 5.11 Å². The van der Waals surface area contributed by atoms with Gasteiger partial charge in [-0.25, -0.2) is 0 Å². The highest BCUT2D eigenvalue weighted by Gasteiger charge is 2.15. The van der Waals surface area contributed by atoms with Gasteiger partial charge in [0.2, 0.25) is 5.16 Å². The molecule has 124 valence electrons. The molecule has 1 atom stereocenters. The van der Waals surface area contributed by atoms with Crippen molar-refractivity contribution in [2.75, 3.05) is 5.75 Å². The fourth-order valence-electron chi connectivity index (χ4n) is 2.78. The molecule has 0 aliphatic carbocycles. The number of thioether (sulfide) groups is 1. The molecule has 0 saturated heterocycles. The van der Waals surface area contributed by atoms with Crippen molar-refractivity contribution in [3.63, 3.8) is 0 Å². The van der Waals surface area contributed by atoms with E-state index >= 15 is 0 Å². The first-order chi connectivity index (χ1) is 12.3. The highest BCUT2D eigenvalue weighted by Crippen LogP contribution is 2.29. The Morgan fingerprint density at radius 1 is 0.920 bits per heavy atom. The summed E-state index contributed by atoms with van der Waals surface area (Å²) in [5.41, 5.74) is 1.82. The molecule has 4 rings (SSSR count). The van der Waals surface area contributed by atoms with Gasteiger partial charge in [-0.1, -0.05) is 72.4 Å². The fourth-order valence-corrected chi connectivity index (χ4v) is 3.63. The van der Waals surface area contributed by atoms with Crippen LogP contribution in [0.25, 0.3) is 16.5 Å². The average molecular weight is 348 g/mol. The van der Waals surface area contributed by atoms with Crippen LogP contribution in [0, 0.1) is 0 Å². The number of aliphatic hydroxyl groups is 1. The SMILES string of the molecule is OC(CSc1nnnn1-c1ccccc1)c1cccc2ccccc12. The lowest BCUT2D eigenvalue weighted by Crippen LogP contribution is -2.04. The lowest BCUT2D eigenvalue weighted by molar-refractivity contribution is 0.205. The van der Waals surface area contributed by atoms with Crippen LogP contribution in [0.4, 0.5) is 0 Å². The molecule has 1 unspecified atom stereocenters. The van der Waals surface area contributed by atoms with Crippen LogP contribution in [0.1, 0.15) is 11.7 Å². The molecule has 0 aliphatic rings. The summed E-state index contributed by atoms with van der Waals surface area (Å²) in [7, 11) is 0. The van der Waals surface area contributed by atoms with E-state index in [-0.39, 0.29) is 0 Å². The van der Waals surface area contributed by atoms with E-state index in [1.54, 1.807) is 4.68 Å². The van der Waals surface area contributed by atoms with Gasteiger partial charge in [0.25, 0.3) is 0 Å². The van der Waals surface area contributed by atoms with Gasteiger partial charge in [-0.3, -0.25) is 0 Å². The molecule has 0 fully saturated rings. The van der Waals surface area contributed by atoms with Crippen LogP contribution >= 0.6 is 11.8 Å². The Bertz CT molecular complexity index is 982. The summed E-state index contributed by atoms with van der Waals surface area (Å²) in [6, 6.07) is 23.8. The highest BCUT2D eigenvalue weighted by molar-refractivity contribution is 7.99. The number of rotatable bonds is 5.